The van der Waals surface area contributed by atoms with E-state index in [9.17, 15) is 5.11 Å². The lowest BCUT2D eigenvalue weighted by molar-refractivity contribution is 0.170. The molecule has 0 saturated carbocycles. The van der Waals surface area contributed by atoms with E-state index in [0.717, 1.165) is 12.1 Å². The number of hydrogen-bond donors (Lipinski definition) is 2. The predicted octanol–water partition coefficient (Wildman–Crippen LogP) is 2.36. The molecule has 0 aromatic heterocycles. The second-order valence-corrected chi connectivity index (χ2v) is 5.54. The summed E-state index contributed by atoms with van der Waals surface area (Å²) in [5, 5.41) is 13.5. The number of rotatable bonds is 6. The first-order valence-corrected chi connectivity index (χ1v) is 7.52. The van der Waals surface area contributed by atoms with Gasteiger partial charge < -0.3 is 15.2 Å². The van der Waals surface area contributed by atoms with Gasteiger partial charge in [-0.25, -0.2) is 0 Å². The Balaban J connectivity index is 1.80. The van der Waals surface area contributed by atoms with E-state index in [2.05, 4.69) is 17.1 Å². The number of aromatic hydroxyl groups is 1. The maximum Gasteiger partial charge on any atom is 0.162 e. The highest BCUT2D eigenvalue weighted by Gasteiger charge is 2.16. The zero-order valence-corrected chi connectivity index (χ0v) is 12.6. The average Bonchev–Trinajstić information content (AvgIpc) is 2.49. The Hall–Kier alpha value is -1.26. The van der Waals surface area contributed by atoms with E-state index in [0.29, 0.717) is 18.3 Å². The van der Waals surface area contributed by atoms with Crippen molar-refractivity contribution in [3.63, 3.8) is 0 Å². The lowest BCUT2D eigenvalue weighted by Crippen LogP contribution is -2.42. The Labute approximate surface area is 121 Å². The first kappa shape index (κ1) is 15.1. The van der Waals surface area contributed by atoms with Gasteiger partial charge in [-0.1, -0.05) is 18.6 Å². The summed E-state index contributed by atoms with van der Waals surface area (Å²) in [5.41, 5.74) is 0.884. The minimum atomic E-state index is 0.244. The zero-order valence-electron chi connectivity index (χ0n) is 12.6. The maximum atomic E-state index is 10.0. The summed E-state index contributed by atoms with van der Waals surface area (Å²) >= 11 is 0. The Kier molecular flexibility index (Phi) is 5.68. The third kappa shape index (κ3) is 3.87. The van der Waals surface area contributed by atoms with Crippen LogP contribution in [0.2, 0.25) is 0 Å². The molecule has 20 heavy (non-hydrogen) atoms. The Morgan fingerprint density at radius 1 is 1.30 bits per heavy atom. The molecule has 1 aliphatic heterocycles. The standard InChI is InChI=1S/C16H26N2O2/c1-13(18-9-4-3-5-10-18)11-17-12-14-7-6-8-15(20-2)16(14)19/h6-8,13,17,19H,3-5,9-12H2,1-2H3. The van der Waals surface area contributed by atoms with Gasteiger partial charge in [-0.2, -0.15) is 0 Å². The number of likely N-dealkylation sites (tertiary alicyclic amines) is 1. The fourth-order valence-electron chi connectivity index (χ4n) is 2.78. The number of piperidine rings is 1. The molecular weight excluding hydrogens is 252 g/mol. The van der Waals surface area contributed by atoms with E-state index in [1.165, 1.54) is 32.4 Å². The first-order valence-electron chi connectivity index (χ1n) is 7.52. The van der Waals surface area contributed by atoms with Crippen LogP contribution < -0.4 is 10.1 Å². The summed E-state index contributed by atoms with van der Waals surface area (Å²) in [7, 11) is 1.57. The van der Waals surface area contributed by atoms with Gasteiger partial charge in [-0.15, -0.1) is 0 Å². The molecule has 0 spiro atoms. The summed E-state index contributed by atoms with van der Waals surface area (Å²) in [5.74, 6) is 0.779. The fourth-order valence-corrected chi connectivity index (χ4v) is 2.78. The van der Waals surface area contributed by atoms with E-state index >= 15 is 0 Å². The molecule has 1 saturated heterocycles. The summed E-state index contributed by atoms with van der Waals surface area (Å²) in [6.45, 7) is 6.31. The van der Waals surface area contributed by atoms with Crippen LogP contribution >= 0.6 is 0 Å². The second kappa shape index (κ2) is 7.50. The molecule has 1 aromatic rings. The number of para-hydroxylation sites is 1. The monoisotopic (exact) mass is 278 g/mol. The SMILES string of the molecule is COc1cccc(CNCC(C)N2CCCCC2)c1O. The molecule has 1 fully saturated rings. The largest absolute Gasteiger partial charge is 0.504 e. The van der Waals surface area contributed by atoms with Crippen LogP contribution in [0.15, 0.2) is 18.2 Å². The molecule has 1 atom stereocenters. The average molecular weight is 278 g/mol. The number of benzene rings is 1. The summed E-state index contributed by atoms with van der Waals surface area (Å²) in [6.07, 6.45) is 4.01. The highest BCUT2D eigenvalue weighted by atomic mass is 16.5. The smallest absolute Gasteiger partial charge is 0.162 e. The number of methoxy groups -OCH3 is 1. The van der Waals surface area contributed by atoms with Crippen molar-refractivity contribution in [2.24, 2.45) is 0 Å². The van der Waals surface area contributed by atoms with Crippen molar-refractivity contribution in [1.82, 2.24) is 10.2 Å². The number of hydrogen-bond acceptors (Lipinski definition) is 4. The van der Waals surface area contributed by atoms with E-state index in [1.54, 1.807) is 13.2 Å². The van der Waals surface area contributed by atoms with Crippen molar-refractivity contribution in [3.05, 3.63) is 23.8 Å². The van der Waals surface area contributed by atoms with E-state index in [-0.39, 0.29) is 5.75 Å². The number of nitrogens with zero attached hydrogens (tertiary/aromatic N) is 1. The Bertz CT molecular complexity index is 417. The topological polar surface area (TPSA) is 44.7 Å². The van der Waals surface area contributed by atoms with Crippen LogP contribution in [0.4, 0.5) is 0 Å². The third-order valence-electron chi connectivity index (χ3n) is 4.07. The maximum absolute atomic E-state index is 10.0. The molecule has 1 heterocycles. The number of phenolic OH excluding ortho intramolecular Hbond substituents is 1. The van der Waals surface area contributed by atoms with Gasteiger partial charge in [0.1, 0.15) is 0 Å². The van der Waals surface area contributed by atoms with Crippen molar-refractivity contribution >= 4 is 0 Å². The highest BCUT2D eigenvalue weighted by molar-refractivity contribution is 5.45. The quantitative estimate of drug-likeness (QED) is 0.838. The van der Waals surface area contributed by atoms with Gasteiger partial charge >= 0.3 is 0 Å². The van der Waals surface area contributed by atoms with Crippen LogP contribution in [-0.2, 0) is 6.54 Å². The van der Waals surface area contributed by atoms with Crippen LogP contribution in [-0.4, -0.2) is 42.8 Å². The third-order valence-corrected chi connectivity index (χ3v) is 4.07. The van der Waals surface area contributed by atoms with Gasteiger partial charge in [-0.05, 0) is 38.9 Å². The summed E-state index contributed by atoms with van der Waals surface area (Å²) < 4.78 is 5.12. The molecule has 0 bridgehead atoms. The molecule has 4 nitrogen and oxygen atoms in total. The van der Waals surface area contributed by atoms with Gasteiger partial charge in [0.05, 0.1) is 7.11 Å². The van der Waals surface area contributed by atoms with Crippen molar-refractivity contribution in [3.8, 4) is 11.5 Å². The first-order chi connectivity index (χ1) is 9.72. The number of ether oxygens (including phenoxy) is 1. The van der Waals surface area contributed by atoms with Crippen LogP contribution in [0.25, 0.3) is 0 Å². The molecule has 4 heteroatoms. The number of nitrogens with one attached hydrogen (secondary N) is 1. The van der Waals surface area contributed by atoms with E-state index in [1.807, 2.05) is 12.1 Å². The molecule has 1 aliphatic rings. The van der Waals surface area contributed by atoms with Crippen molar-refractivity contribution in [2.45, 2.75) is 38.8 Å². The van der Waals surface area contributed by atoms with Gasteiger partial charge in [0.2, 0.25) is 0 Å². The molecule has 112 valence electrons. The summed E-state index contributed by atoms with van der Waals surface area (Å²) in [6, 6.07) is 6.15. The molecule has 1 aromatic carbocycles. The normalized spacial score (nSPS) is 17.9. The minimum absolute atomic E-state index is 0.244. The van der Waals surface area contributed by atoms with Crippen LogP contribution in [0.3, 0.4) is 0 Å². The van der Waals surface area contributed by atoms with Crippen molar-refractivity contribution < 1.29 is 9.84 Å². The molecule has 2 N–H and O–H groups in total. The molecule has 0 radical (unpaired) electrons. The lowest BCUT2D eigenvalue weighted by Gasteiger charge is -2.32. The molecular formula is C16H26N2O2. The molecule has 2 rings (SSSR count). The zero-order chi connectivity index (χ0) is 14.4. The number of phenols is 1. The second-order valence-electron chi connectivity index (χ2n) is 5.54. The van der Waals surface area contributed by atoms with Gasteiger partial charge in [0, 0.05) is 24.7 Å². The van der Waals surface area contributed by atoms with E-state index < -0.39 is 0 Å². The molecule has 0 amide bonds. The van der Waals surface area contributed by atoms with Crippen LogP contribution in [0.1, 0.15) is 31.7 Å². The van der Waals surface area contributed by atoms with Gasteiger partial charge in [0.15, 0.2) is 11.5 Å². The molecule has 0 aliphatic carbocycles. The van der Waals surface area contributed by atoms with Crippen LogP contribution in [0.5, 0.6) is 11.5 Å². The Morgan fingerprint density at radius 3 is 2.75 bits per heavy atom. The fraction of sp³-hybridized carbons (Fsp3) is 0.625. The minimum Gasteiger partial charge on any atom is -0.504 e. The Morgan fingerprint density at radius 2 is 2.05 bits per heavy atom. The van der Waals surface area contributed by atoms with Crippen molar-refractivity contribution in [2.75, 3.05) is 26.7 Å². The van der Waals surface area contributed by atoms with Gasteiger partial charge in [0.25, 0.3) is 0 Å². The van der Waals surface area contributed by atoms with Crippen LogP contribution in [0, 0.1) is 0 Å². The summed E-state index contributed by atoms with van der Waals surface area (Å²) in [4.78, 5) is 2.54. The van der Waals surface area contributed by atoms with Gasteiger partial charge in [-0.3, -0.25) is 4.90 Å². The highest BCUT2D eigenvalue weighted by Crippen LogP contribution is 2.29. The predicted molar refractivity (Wildman–Crippen MR) is 81.3 cm³/mol. The molecule has 1 unspecified atom stereocenters. The van der Waals surface area contributed by atoms with E-state index in [4.69, 9.17) is 4.74 Å². The van der Waals surface area contributed by atoms with Crippen molar-refractivity contribution in [1.29, 1.82) is 0 Å². The lowest BCUT2D eigenvalue weighted by atomic mass is 10.1.